The number of hydrogen-bond donors (Lipinski definition) is 1. The van der Waals surface area contributed by atoms with Crippen LogP contribution in [0.2, 0.25) is 5.02 Å². The molecule has 0 unspecified atom stereocenters. The maximum Gasteiger partial charge on any atom is 0.304 e. The van der Waals surface area contributed by atoms with Gasteiger partial charge >= 0.3 is 5.97 Å². The Morgan fingerprint density at radius 1 is 1.24 bits per heavy atom. The first-order chi connectivity index (χ1) is 18.3. The lowest BCUT2D eigenvalue weighted by Gasteiger charge is -2.32. The van der Waals surface area contributed by atoms with Crippen molar-refractivity contribution >= 4 is 34.5 Å². The maximum absolute atomic E-state index is 13.3. The number of aliphatic carboxylic acids is 1. The van der Waals surface area contributed by atoms with Gasteiger partial charge in [-0.25, -0.2) is 4.68 Å². The molecule has 0 saturated carbocycles. The van der Waals surface area contributed by atoms with Crippen LogP contribution < -0.4 is 4.74 Å². The van der Waals surface area contributed by atoms with E-state index in [0.29, 0.717) is 41.9 Å². The molecule has 0 spiro atoms. The largest absolute Gasteiger partial charge is 0.494 e. The minimum absolute atomic E-state index is 0.116. The molecule has 3 aromatic carbocycles. The minimum atomic E-state index is -0.922. The molecule has 0 radical (unpaired) electrons. The molecule has 5 rings (SSSR count). The Morgan fingerprint density at radius 3 is 2.76 bits per heavy atom. The van der Waals surface area contributed by atoms with E-state index >= 15 is 0 Å². The smallest absolute Gasteiger partial charge is 0.304 e. The van der Waals surface area contributed by atoms with Crippen LogP contribution in [0.1, 0.15) is 50.5 Å². The Labute approximate surface area is 223 Å². The molecule has 1 aromatic heterocycles. The number of carboxylic acid groups (broad SMARTS) is 1. The zero-order valence-electron chi connectivity index (χ0n) is 20.8. The first-order valence-corrected chi connectivity index (χ1v) is 12.4. The van der Waals surface area contributed by atoms with Crippen molar-refractivity contribution in [2.45, 2.75) is 25.3 Å². The van der Waals surface area contributed by atoms with Crippen molar-refractivity contribution in [1.82, 2.24) is 19.9 Å². The lowest BCUT2D eigenvalue weighted by Crippen LogP contribution is -2.36. The van der Waals surface area contributed by atoms with E-state index in [1.165, 1.54) is 6.07 Å². The van der Waals surface area contributed by atoms with Crippen LogP contribution in [0.25, 0.3) is 11.0 Å². The van der Waals surface area contributed by atoms with Crippen molar-refractivity contribution in [2.75, 3.05) is 13.7 Å². The van der Waals surface area contributed by atoms with Crippen molar-refractivity contribution in [3.8, 4) is 11.8 Å². The minimum Gasteiger partial charge on any atom is -0.494 e. The lowest BCUT2D eigenvalue weighted by atomic mass is 9.82. The number of rotatable bonds is 6. The number of aryl methyl sites for hydroxylation is 1. The molecule has 1 aliphatic rings. The zero-order chi connectivity index (χ0) is 27.0. The van der Waals surface area contributed by atoms with Gasteiger partial charge in [0.05, 0.1) is 35.7 Å². The van der Waals surface area contributed by atoms with E-state index in [9.17, 15) is 14.7 Å². The van der Waals surface area contributed by atoms with Gasteiger partial charge < -0.3 is 14.7 Å². The van der Waals surface area contributed by atoms with E-state index in [4.69, 9.17) is 21.6 Å². The average Bonchev–Trinajstić information content (AvgIpc) is 3.30. The van der Waals surface area contributed by atoms with Gasteiger partial charge in [-0.1, -0.05) is 35.0 Å². The second-order valence-corrected chi connectivity index (χ2v) is 9.63. The molecule has 0 aliphatic carbocycles. The van der Waals surface area contributed by atoms with E-state index in [2.05, 4.69) is 10.3 Å². The first-order valence-electron chi connectivity index (χ1n) is 12.0. The van der Waals surface area contributed by atoms with Crippen LogP contribution in [0.3, 0.4) is 0 Å². The van der Waals surface area contributed by atoms with Gasteiger partial charge in [0.25, 0.3) is 5.91 Å². The number of carbonyl (C=O) groups is 2. The maximum atomic E-state index is 13.3. The predicted octanol–water partition coefficient (Wildman–Crippen LogP) is 4.31. The van der Waals surface area contributed by atoms with Crippen LogP contribution in [0.4, 0.5) is 0 Å². The number of amides is 1. The fraction of sp³-hybridized carbons (Fsp3) is 0.250. The lowest BCUT2D eigenvalue weighted by molar-refractivity contribution is -0.137. The fourth-order valence-electron chi connectivity index (χ4n) is 5.18. The number of carbonyl (C=O) groups excluding carboxylic acids is 1. The highest BCUT2D eigenvalue weighted by molar-refractivity contribution is 6.34. The third-order valence-electron chi connectivity index (χ3n) is 6.98. The highest BCUT2D eigenvalue weighted by Crippen LogP contribution is 2.38. The van der Waals surface area contributed by atoms with Gasteiger partial charge in [-0.05, 0) is 59.0 Å². The summed E-state index contributed by atoms with van der Waals surface area (Å²) in [6.07, 6.45) is 0.445. The number of nitriles is 1. The van der Waals surface area contributed by atoms with Crippen LogP contribution in [0.5, 0.6) is 5.75 Å². The number of carboxylic acids is 1. The standard InChI is InChI=1S/C28H24ClN5O4/c1-33-27-24(31-32-33)11-18(12-25(27)38-2)22(13-26(35)36)20-5-3-4-17-15-34(9-8-19(17)20)28(37)21-7-6-16(14-30)10-23(21)29/h3-7,10-12,22H,8-9,13,15H2,1-2H3,(H,35,36)/t22-/m1/s1. The van der Waals surface area contributed by atoms with Gasteiger partial charge in [-0.15, -0.1) is 5.10 Å². The second kappa shape index (κ2) is 10.1. The molecule has 0 fully saturated rings. The van der Waals surface area contributed by atoms with E-state index in [-0.39, 0.29) is 17.4 Å². The number of methoxy groups -OCH3 is 1. The Morgan fingerprint density at radius 2 is 2.05 bits per heavy atom. The molecule has 4 aromatic rings. The molecule has 10 heteroatoms. The Balaban J connectivity index is 1.51. The molecule has 192 valence electrons. The van der Waals surface area contributed by atoms with Gasteiger partial charge in [-0.2, -0.15) is 5.26 Å². The molecule has 0 bridgehead atoms. The quantitative estimate of drug-likeness (QED) is 0.395. The van der Waals surface area contributed by atoms with E-state index in [0.717, 1.165) is 27.8 Å². The molecule has 1 amide bonds. The first kappa shape index (κ1) is 25.2. The van der Waals surface area contributed by atoms with E-state index < -0.39 is 11.9 Å². The third kappa shape index (κ3) is 4.55. The summed E-state index contributed by atoms with van der Waals surface area (Å²) in [7, 11) is 3.34. The predicted molar refractivity (Wildman–Crippen MR) is 140 cm³/mol. The number of aromatic nitrogens is 3. The summed E-state index contributed by atoms with van der Waals surface area (Å²) in [4.78, 5) is 27.0. The van der Waals surface area contributed by atoms with Gasteiger partial charge in [-0.3, -0.25) is 9.59 Å². The molecular formula is C28H24ClN5O4. The molecule has 1 atom stereocenters. The number of ether oxygens (including phenoxy) is 1. The van der Waals surface area contributed by atoms with Crippen molar-refractivity contribution in [3.63, 3.8) is 0 Å². The summed E-state index contributed by atoms with van der Waals surface area (Å²) >= 11 is 6.30. The molecular weight excluding hydrogens is 506 g/mol. The summed E-state index contributed by atoms with van der Waals surface area (Å²) in [6.45, 7) is 0.816. The SMILES string of the molecule is COc1cc([C@@H](CC(=O)O)c2cccc3c2CCN(C(=O)c2ccc(C#N)cc2Cl)C3)cc2nnn(C)c12. The normalized spacial score (nSPS) is 13.6. The van der Waals surface area contributed by atoms with Crippen LogP contribution in [-0.4, -0.2) is 50.5 Å². The van der Waals surface area contributed by atoms with Crippen LogP contribution in [-0.2, 0) is 24.8 Å². The molecule has 9 nitrogen and oxygen atoms in total. The topological polar surface area (TPSA) is 121 Å². The van der Waals surface area contributed by atoms with Gasteiger partial charge in [0.1, 0.15) is 16.8 Å². The molecule has 1 N–H and O–H groups in total. The monoisotopic (exact) mass is 529 g/mol. The number of nitrogens with zero attached hydrogens (tertiary/aromatic N) is 5. The number of halogens is 1. The highest BCUT2D eigenvalue weighted by Gasteiger charge is 2.29. The summed E-state index contributed by atoms with van der Waals surface area (Å²) in [6, 6.07) is 16.2. The number of fused-ring (bicyclic) bond motifs is 2. The summed E-state index contributed by atoms with van der Waals surface area (Å²) < 4.78 is 7.22. The van der Waals surface area contributed by atoms with Crippen molar-refractivity contribution in [2.24, 2.45) is 7.05 Å². The van der Waals surface area contributed by atoms with Gasteiger partial charge in [0.15, 0.2) is 0 Å². The van der Waals surface area contributed by atoms with Gasteiger partial charge in [0, 0.05) is 26.1 Å². The summed E-state index contributed by atoms with van der Waals surface area (Å²) in [5.41, 5.74) is 5.75. The second-order valence-electron chi connectivity index (χ2n) is 9.22. The fourth-order valence-corrected chi connectivity index (χ4v) is 5.44. The van der Waals surface area contributed by atoms with Crippen LogP contribution in [0.15, 0.2) is 48.5 Å². The van der Waals surface area contributed by atoms with Crippen LogP contribution in [0, 0.1) is 11.3 Å². The molecule has 38 heavy (non-hydrogen) atoms. The zero-order valence-corrected chi connectivity index (χ0v) is 21.6. The highest BCUT2D eigenvalue weighted by atomic mass is 35.5. The van der Waals surface area contributed by atoms with Crippen molar-refractivity contribution < 1.29 is 19.4 Å². The molecule has 0 saturated heterocycles. The Hall–Kier alpha value is -4.42. The summed E-state index contributed by atoms with van der Waals surface area (Å²) in [5.74, 6) is -1.01. The molecule has 2 heterocycles. The molecule has 1 aliphatic heterocycles. The number of benzene rings is 3. The van der Waals surface area contributed by atoms with E-state index in [1.807, 2.05) is 36.4 Å². The van der Waals surface area contributed by atoms with Crippen molar-refractivity contribution in [1.29, 1.82) is 5.26 Å². The Kier molecular flexibility index (Phi) is 6.74. The van der Waals surface area contributed by atoms with Crippen LogP contribution >= 0.6 is 11.6 Å². The van der Waals surface area contributed by atoms with E-state index in [1.54, 1.807) is 35.9 Å². The average molecular weight is 530 g/mol. The van der Waals surface area contributed by atoms with Gasteiger partial charge in [0.2, 0.25) is 0 Å². The Bertz CT molecular complexity index is 1620. The van der Waals surface area contributed by atoms with Crippen molar-refractivity contribution in [3.05, 3.63) is 86.9 Å². The number of hydrogen-bond acceptors (Lipinski definition) is 6. The third-order valence-corrected chi connectivity index (χ3v) is 7.29. The summed E-state index contributed by atoms with van der Waals surface area (Å²) in [5, 5.41) is 27.4.